The smallest absolute Gasteiger partial charge is 0.257 e. The molecule has 0 spiro atoms. The number of fused-ring (bicyclic) bond motifs is 2. The van der Waals surface area contributed by atoms with E-state index in [-0.39, 0.29) is 10.8 Å². The van der Waals surface area contributed by atoms with Gasteiger partial charge < -0.3 is 0 Å². The summed E-state index contributed by atoms with van der Waals surface area (Å²) in [4.78, 5) is 17.1. The summed E-state index contributed by atoms with van der Waals surface area (Å²) in [5, 5.41) is 3.28. The van der Waals surface area contributed by atoms with Gasteiger partial charge in [-0.15, -0.1) is 0 Å². The monoisotopic (exact) mass is 372 g/mol. The lowest BCUT2D eigenvalue weighted by Gasteiger charge is -2.04. The molecule has 0 saturated heterocycles. The van der Waals surface area contributed by atoms with E-state index < -0.39 is 9.84 Å². The molecule has 1 N–H and O–H groups in total. The van der Waals surface area contributed by atoms with Gasteiger partial charge in [0.1, 0.15) is 0 Å². The van der Waals surface area contributed by atoms with E-state index in [4.69, 9.17) is 0 Å². The molecule has 3 aromatic rings. The molecule has 25 heavy (non-hydrogen) atoms. The number of nitrogens with one attached hydrogen (secondary N) is 1. The van der Waals surface area contributed by atoms with Gasteiger partial charge >= 0.3 is 0 Å². The number of carbonyl (C=O) groups is 1. The number of benzene rings is 2. The first-order chi connectivity index (χ1) is 11.9. The number of hydrogen-bond donors (Lipinski definition) is 1. The van der Waals surface area contributed by atoms with Gasteiger partial charge in [0.15, 0.2) is 15.0 Å². The SMILES string of the molecule is CS(=O)(=O)c1ccc2nc(NC(=O)c3ccc4c(c3)CCC4)sc2c1. The molecular weight excluding hydrogens is 356 g/mol. The lowest BCUT2D eigenvalue weighted by Crippen LogP contribution is -2.12. The van der Waals surface area contributed by atoms with Crippen molar-refractivity contribution in [2.24, 2.45) is 0 Å². The van der Waals surface area contributed by atoms with Crippen molar-refractivity contribution in [1.82, 2.24) is 4.98 Å². The zero-order valence-corrected chi connectivity index (χ0v) is 15.2. The van der Waals surface area contributed by atoms with Crippen molar-refractivity contribution in [2.45, 2.75) is 24.2 Å². The molecule has 1 aromatic heterocycles. The minimum absolute atomic E-state index is 0.197. The Kier molecular flexibility index (Phi) is 3.85. The van der Waals surface area contributed by atoms with Crippen molar-refractivity contribution in [3.63, 3.8) is 0 Å². The molecule has 7 heteroatoms. The molecule has 0 atom stereocenters. The van der Waals surface area contributed by atoms with Gasteiger partial charge in [0, 0.05) is 11.8 Å². The van der Waals surface area contributed by atoms with Crippen molar-refractivity contribution in [2.75, 3.05) is 11.6 Å². The molecular formula is C18H16N2O3S2. The van der Waals surface area contributed by atoms with Gasteiger partial charge in [-0.05, 0) is 60.7 Å². The lowest BCUT2D eigenvalue weighted by molar-refractivity contribution is 0.102. The number of sulfone groups is 1. The van der Waals surface area contributed by atoms with Crippen LogP contribution in [0.3, 0.4) is 0 Å². The predicted octanol–water partition coefficient (Wildman–Crippen LogP) is 3.44. The van der Waals surface area contributed by atoms with Crippen LogP contribution in [-0.2, 0) is 22.7 Å². The third kappa shape index (κ3) is 3.17. The minimum Gasteiger partial charge on any atom is -0.298 e. The molecule has 0 aliphatic heterocycles. The summed E-state index contributed by atoms with van der Waals surface area (Å²) in [5.74, 6) is -0.197. The zero-order chi connectivity index (χ0) is 17.6. The molecule has 1 aliphatic carbocycles. The highest BCUT2D eigenvalue weighted by Crippen LogP contribution is 2.29. The highest BCUT2D eigenvalue weighted by atomic mass is 32.2. The number of carbonyl (C=O) groups excluding carboxylic acids is 1. The van der Waals surface area contributed by atoms with Gasteiger partial charge in [-0.3, -0.25) is 10.1 Å². The van der Waals surface area contributed by atoms with Gasteiger partial charge in [-0.2, -0.15) is 0 Å². The van der Waals surface area contributed by atoms with Gasteiger partial charge in [0.25, 0.3) is 5.91 Å². The Bertz CT molecular complexity index is 1100. The third-order valence-corrected chi connectivity index (χ3v) is 6.41. The van der Waals surface area contributed by atoms with Crippen LogP contribution < -0.4 is 5.32 Å². The van der Waals surface area contributed by atoms with E-state index in [2.05, 4.69) is 10.3 Å². The van der Waals surface area contributed by atoms with Gasteiger partial charge in [0.2, 0.25) is 0 Å². The molecule has 4 rings (SSSR count). The highest BCUT2D eigenvalue weighted by molar-refractivity contribution is 7.90. The normalized spacial score (nSPS) is 13.8. The maximum absolute atomic E-state index is 12.5. The first kappa shape index (κ1) is 16.2. The quantitative estimate of drug-likeness (QED) is 0.764. The van der Waals surface area contributed by atoms with Gasteiger partial charge in [-0.1, -0.05) is 17.4 Å². The number of thiazole rings is 1. The van der Waals surface area contributed by atoms with Gasteiger partial charge in [-0.25, -0.2) is 13.4 Å². The number of anilines is 1. The van der Waals surface area contributed by atoms with Crippen LogP contribution in [0.2, 0.25) is 0 Å². The molecule has 1 amide bonds. The first-order valence-electron chi connectivity index (χ1n) is 7.94. The number of rotatable bonds is 3. The first-order valence-corrected chi connectivity index (χ1v) is 10.6. The Morgan fingerprint density at radius 1 is 1.12 bits per heavy atom. The fraction of sp³-hybridized carbons (Fsp3) is 0.222. The van der Waals surface area contributed by atoms with E-state index in [0.29, 0.717) is 16.2 Å². The molecule has 0 radical (unpaired) electrons. The summed E-state index contributed by atoms with van der Waals surface area (Å²) in [5.41, 5.74) is 3.86. The van der Waals surface area contributed by atoms with E-state index in [0.717, 1.165) is 24.0 Å². The Labute approximate surface area is 149 Å². The topological polar surface area (TPSA) is 76.1 Å². The Hall–Kier alpha value is -2.25. The number of nitrogens with zero attached hydrogens (tertiary/aromatic N) is 1. The summed E-state index contributed by atoms with van der Waals surface area (Å²) in [6.07, 6.45) is 4.41. The molecule has 0 bridgehead atoms. The van der Waals surface area contributed by atoms with Crippen molar-refractivity contribution < 1.29 is 13.2 Å². The van der Waals surface area contributed by atoms with E-state index in [1.807, 2.05) is 18.2 Å². The largest absolute Gasteiger partial charge is 0.298 e. The number of aryl methyl sites for hydroxylation is 2. The number of hydrogen-bond acceptors (Lipinski definition) is 5. The fourth-order valence-electron chi connectivity index (χ4n) is 3.07. The standard InChI is InChI=1S/C18H16N2O3S2/c1-25(22,23)14-7-8-15-16(10-14)24-18(19-15)20-17(21)13-6-5-11-3-2-4-12(11)9-13/h5-10H,2-4H2,1H3,(H,19,20,21). The fourth-order valence-corrected chi connectivity index (χ4v) is 4.69. The molecule has 1 aliphatic rings. The van der Waals surface area contributed by atoms with Crippen molar-refractivity contribution in [1.29, 1.82) is 0 Å². The second-order valence-electron chi connectivity index (χ2n) is 6.21. The van der Waals surface area contributed by atoms with Crippen LogP contribution in [0.5, 0.6) is 0 Å². The summed E-state index contributed by atoms with van der Waals surface area (Å²) >= 11 is 1.27. The highest BCUT2D eigenvalue weighted by Gasteiger charge is 2.16. The van der Waals surface area contributed by atoms with E-state index in [1.54, 1.807) is 12.1 Å². The van der Waals surface area contributed by atoms with Crippen LogP contribution in [0.25, 0.3) is 10.2 Å². The summed E-state index contributed by atoms with van der Waals surface area (Å²) in [7, 11) is -3.27. The van der Waals surface area contributed by atoms with E-state index in [9.17, 15) is 13.2 Å². The van der Waals surface area contributed by atoms with Crippen molar-refractivity contribution >= 4 is 42.4 Å². The Balaban J connectivity index is 1.61. The predicted molar refractivity (Wildman–Crippen MR) is 99.2 cm³/mol. The minimum atomic E-state index is -3.27. The average molecular weight is 372 g/mol. The second-order valence-corrected chi connectivity index (χ2v) is 9.26. The van der Waals surface area contributed by atoms with Crippen LogP contribution in [0, 0.1) is 0 Å². The molecule has 2 aromatic carbocycles. The summed E-state index contributed by atoms with van der Waals surface area (Å²) in [6, 6.07) is 10.6. The molecule has 0 saturated carbocycles. The average Bonchev–Trinajstić information content (AvgIpc) is 3.18. The molecule has 0 fully saturated rings. The molecule has 1 heterocycles. The van der Waals surface area contributed by atoms with Gasteiger partial charge in [0.05, 0.1) is 15.1 Å². The zero-order valence-electron chi connectivity index (χ0n) is 13.6. The lowest BCUT2D eigenvalue weighted by atomic mass is 10.1. The van der Waals surface area contributed by atoms with Crippen LogP contribution in [0.4, 0.5) is 5.13 Å². The molecule has 0 unspecified atom stereocenters. The Morgan fingerprint density at radius 2 is 1.92 bits per heavy atom. The van der Waals surface area contributed by atoms with Crippen LogP contribution in [0.1, 0.15) is 27.9 Å². The van der Waals surface area contributed by atoms with E-state index >= 15 is 0 Å². The Morgan fingerprint density at radius 3 is 2.72 bits per heavy atom. The maximum Gasteiger partial charge on any atom is 0.257 e. The van der Waals surface area contributed by atoms with Crippen molar-refractivity contribution in [3.05, 3.63) is 53.1 Å². The van der Waals surface area contributed by atoms with E-state index in [1.165, 1.54) is 34.8 Å². The third-order valence-electron chi connectivity index (χ3n) is 4.37. The molecule has 128 valence electrons. The van der Waals surface area contributed by atoms with Crippen LogP contribution in [-0.4, -0.2) is 25.6 Å². The maximum atomic E-state index is 12.5. The van der Waals surface area contributed by atoms with Crippen molar-refractivity contribution in [3.8, 4) is 0 Å². The molecule has 5 nitrogen and oxygen atoms in total. The number of aromatic nitrogens is 1. The van der Waals surface area contributed by atoms with Crippen LogP contribution >= 0.6 is 11.3 Å². The summed E-state index contributed by atoms with van der Waals surface area (Å²) < 4.78 is 24.0. The summed E-state index contributed by atoms with van der Waals surface area (Å²) in [6.45, 7) is 0. The second kappa shape index (κ2) is 5.93. The number of amides is 1. The van der Waals surface area contributed by atoms with Crippen LogP contribution in [0.15, 0.2) is 41.3 Å².